The first kappa shape index (κ1) is 7.32. The summed E-state index contributed by atoms with van der Waals surface area (Å²) in [4.78, 5) is 10.7. The molecule has 0 saturated carbocycles. The number of carbonyl (C=O) groups is 1. The minimum atomic E-state index is -0.0634. The zero-order valence-electron chi connectivity index (χ0n) is 6.01. The smallest absolute Gasteiger partial charge is 0.306 e. The molecule has 0 spiro atoms. The molecule has 0 radical (unpaired) electrons. The molecule has 0 aromatic carbocycles. The van der Waals surface area contributed by atoms with Crippen molar-refractivity contribution in [1.82, 2.24) is 0 Å². The van der Waals surface area contributed by atoms with Crippen LogP contribution in [0.3, 0.4) is 0 Å². The van der Waals surface area contributed by atoms with Crippen LogP contribution in [0.5, 0.6) is 0 Å². The molecule has 0 unspecified atom stereocenters. The lowest BCUT2D eigenvalue weighted by Crippen LogP contribution is -2.03. The van der Waals surface area contributed by atoms with E-state index in [1.54, 1.807) is 0 Å². The van der Waals surface area contributed by atoms with E-state index in [4.69, 9.17) is 4.74 Å². The van der Waals surface area contributed by atoms with Gasteiger partial charge in [0.2, 0.25) is 0 Å². The zero-order chi connectivity index (χ0) is 7.23. The molecule has 0 N–H and O–H groups in total. The van der Waals surface area contributed by atoms with Crippen molar-refractivity contribution in [3.8, 4) is 0 Å². The third-order valence-electron chi connectivity index (χ3n) is 1.46. The standard InChI is InChI=1S/C8H12O2/c9-8-6-4-2-1-3-5-7-10-8/h1-2H,3-7H2. The zero-order valence-corrected chi connectivity index (χ0v) is 6.01. The number of cyclic esters (lactones) is 1. The quantitative estimate of drug-likeness (QED) is 0.378. The van der Waals surface area contributed by atoms with Gasteiger partial charge in [-0.1, -0.05) is 12.2 Å². The molecule has 0 fully saturated rings. The van der Waals surface area contributed by atoms with Gasteiger partial charge in [0, 0.05) is 6.42 Å². The van der Waals surface area contributed by atoms with Gasteiger partial charge in [0.15, 0.2) is 0 Å². The molecule has 0 atom stereocenters. The summed E-state index contributed by atoms with van der Waals surface area (Å²) in [5, 5.41) is 0. The van der Waals surface area contributed by atoms with Crippen molar-refractivity contribution in [1.29, 1.82) is 0 Å². The number of rotatable bonds is 0. The molecule has 0 saturated heterocycles. The molecule has 0 aromatic rings. The summed E-state index contributed by atoms with van der Waals surface area (Å²) < 4.78 is 4.88. The summed E-state index contributed by atoms with van der Waals surface area (Å²) in [6.07, 6.45) is 7.53. The predicted molar refractivity (Wildman–Crippen MR) is 38.6 cm³/mol. The Morgan fingerprint density at radius 1 is 1.30 bits per heavy atom. The van der Waals surface area contributed by atoms with Crippen molar-refractivity contribution in [2.45, 2.75) is 25.7 Å². The minimum absolute atomic E-state index is 0.0634. The summed E-state index contributed by atoms with van der Waals surface area (Å²) in [6, 6.07) is 0. The van der Waals surface area contributed by atoms with Crippen molar-refractivity contribution < 1.29 is 9.53 Å². The number of ether oxygens (including phenoxy) is 1. The van der Waals surface area contributed by atoms with Crippen molar-refractivity contribution >= 4 is 5.97 Å². The molecule has 10 heavy (non-hydrogen) atoms. The van der Waals surface area contributed by atoms with Crippen molar-refractivity contribution in [2.24, 2.45) is 0 Å². The Labute approximate surface area is 60.9 Å². The van der Waals surface area contributed by atoms with E-state index in [1.807, 2.05) is 6.08 Å². The maximum atomic E-state index is 10.7. The third-order valence-corrected chi connectivity index (χ3v) is 1.46. The topological polar surface area (TPSA) is 26.3 Å². The Morgan fingerprint density at radius 2 is 2.10 bits per heavy atom. The van der Waals surface area contributed by atoms with Crippen LogP contribution in [0.1, 0.15) is 25.7 Å². The van der Waals surface area contributed by atoms with Crippen LogP contribution in [-0.4, -0.2) is 12.6 Å². The second-order valence-electron chi connectivity index (χ2n) is 2.37. The van der Waals surface area contributed by atoms with E-state index >= 15 is 0 Å². The van der Waals surface area contributed by atoms with Gasteiger partial charge in [0.1, 0.15) is 0 Å². The fourth-order valence-electron chi connectivity index (χ4n) is 0.896. The lowest BCUT2D eigenvalue weighted by Gasteiger charge is -1.99. The van der Waals surface area contributed by atoms with Crippen LogP contribution in [-0.2, 0) is 9.53 Å². The summed E-state index contributed by atoms with van der Waals surface area (Å²) in [5.74, 6) is -0.0634. The van der Waals surface area contributed by atoms with Crippen molar-refractivity contribution in [3.63, 3.8) is 0 Å². The van der Waals surface area contributed by atoms with Gasteiger partial charge in [-0.3, -0.25) is 4.79 Å². The number of hydrogen-bond acceptors (Lipinski definition) is 2. The Bertz CT molecular complexity index is 138. The van der Waals surface area contributed by atoms with Gasteiger partial charge in [-0.15, -0.1) is 0 Å². The van der Waals surface area contributed by atoms with Crippen LogP contribution in [0.2, 0.25) is 0 Å². The number of hydrogen-bond donors (Lipinski definition) is 0. The number of esters is 1. The molecule has 1 heterocycles. The summed E-state index contributed by atoms with van der Waals surface area (Å²) in [6.45, 7) is 0.586. The maximum absolute atomic E-state index is 10.7. The van der Waals surface area contributed by atoms with Crippen LogP contribution < -0.4 is 0 Å². The predicted octanol–water partition coefficient (Wildman–Crippen LogP) is 1.66. The van der Waals surface area contributed by atoms with Gasteiger partial charge in [-0.25, -0.2) is 0 Å². The van der Waals surface area contributed by atoms with E-state index < -0.39 is 0 Å². The van der Waals surface area contributed by atoms with Gasteiger partial charge in [0.25, 0.3) is 0 Å². The largest absolute Gasteiger partial charge is 0.466 e. The van der Waals surface area contributed by atoms with Gasteiger partial charge >= 0.3 is 5.97 Å². The monoisotopic (exact) mass is 140 g/mol. The van der Waals surface area contributed by atoms with Crippen LogP contribution in [0.15, 0.2) is 12.2 Å². The molecule has 0 amide bonds. The molecule has 0 bridgehead atoms. The van der Waals surface area contributed by atoms with Gasteiger partial charge in [-0.05, 0) is 19.3 Å². The first-order valence-corrected chi connectivity index (χ1v) is 3.70. The molecule has 2 nitrogen and oxygen atoms in total. The molecule has 1 aliphatic rings. The van der Waals surface area contributed by atoms with Crippen LogP contribution in [0.4, 0.5) is 0 Å². The average molecular weight is 140 g/mol. The Kier molecular flexibility index (Phi) is 3.00. The second kappa shape index (κ2) is 4.09. The highest BCUT2D eigenvalue weighted by Gasteiger charge is 2.01. The molecule has 0 aromatic heterocycles. The van der Waals surface area contributed by atoms with E-state index in [0.29, 0.717) is 13.0 Å². The van der Waals surface area contributed by atoms with E-state index in [-0.39, 0.29) is 5.97 Å². The van der Waals surface area contributed by atoms with Gasteiger partial charge < -0.3 is 4.74 Å². The molecular formula is C8H12O2. The molecule has 56 valence electrons. The lowest BCUT2D eigenvalue weighted by molar-refractivity contribution is -0.143. The third kappa shape index (κ3) is 2.67. The molecule has 2 heteroatoms. The average Bonchev–Trinajstić information content (AvgIpc) is 2.02. The van der Waals surface area contributed by atoms with Gasteiger partial charge in [0.05, 0.1) is 6.61 Å². The molecule has 1 rings (SSSR count). The SMILES string of the molecule is O=C1CCC=CCCCO1. The Hall–Kier alpha value is -0.790. The number of carbonyl (C=O) groups excluding carboxylic acids is 1. The van der Waals surface area contributed by atoms with E-state index in [0.717, 1.165) is 19.3 Å². The first-order chi connectivity index (χ1) is 4.89. The Morgan fingerprint density at radius 3 is 3.00 bits per heavy atom. The minimum Gasteiger partial charge on any atom is -0.466 e. The lowest BCUT2D eigenvalue weighted by atomic mass is 10.2. The van der Waals surface area contributed by atoms with Crippen LogP contribution >= 0.6 is 0 Å². The highest BCUT2D eigenvalue weighted by atomic mass is 16.5. The second-order valence-corrected chi connectivity index (χ2v) is 2.37. The summed E-state index contributed by atoms with van der Waals surface area (Å²) >= 11 is 0. The fraction of sp³-hybridized carbons (Fsp3) is 0.625. The van der Waals surface area contributed by atoms with Crippen molar-refractivity contribution in [2.75, 3.05) is 6.61 Å². The molecule has 1 aliphatic heterocycles. The molecular weight excluding hydrogens is 128 g/mol. The fourth-order valence-corrected chi connectivity index (χ4v) is 0.896. The van der Waals surface area contributed by atoms with Gasteiger partial charge in [-0.2, -0.15) is 0 Å². The molecule has 0 aliphatic carbocycles. The summed E-state index contributed by atoms with van der Waals surface area (Å²) in [7, 11) is 0. The van der Waals surface area contributed by atoms with E-state index in [1.165, 1.54) is 0 Å². The normalized spacial score (nSPS) is 20.6. The van der Waals surface area contributed by atoms with E-state index in [2.05, 4.69) is 6.08 Å². The highest BCUT2D eigenvalue weighted by molar-refractivity contribution is 5.69. The Balaban J connectivity index is 2.32. The first-order valence-electron chi connectivity index (χ1n) is 3.70. The van der Waals surface area contributed by atoms with Crippen LogP contribution in [0, 0.1) is 0 Å². The highest BCUT2D eigenvalue weighted by Crippen LogP contribution is 2.02. The van der Waals surface area contributed by atoms with Crippen LogP contribution in [0.25, 0.3) is 0 Å². The van der Waals surface area contributed by atoms with Crippen molar-refractivity contribution in [3.05, 3.63) is 12.2 Å². The van der Waals surface area contributed by atoms with E-state index in [9.17, 15) is 4.79 Å². The maximum Gasteiger partial charge on any atom is 0.306 e. The number of allylic oxidation sites excluding steroid dienone is 2. The summed E-state index contributed by atoms with van der Waals surface area (Å²) in [5.41, 5.74) is 0.